The van der Waals surface area contributed by atoms with Crippen molar-refractivity contribution < 1.29 is 19.2 Å². The number of amides is 2. The minimum Gasteiger partial charge on any atom is -0.497 e. The molecule has 6 nitrogen and oxygen atoms in total. The summed E-state index contributed by atoms with van der Waals surface area (Å²) in [5, 5.41) is 5.73. The lowest BCUT2D eigenvalue weighted by atomic mass is 10.1. The van der Waals surface area contributed by atoms with Gasteiger partial charge in [0.25, 0.3) is 11.8 Å². The fourth-order valence-corrected chi connectivity index (χ4v) is 3.18. The Hall–Kier alpha value is -3.64. The first kappa shape index (κ1) is 22.1. The highest BCUT2D eigenvalue weighted by Gasteiger charge is 2.12. The average molecular weight is 419 g/mol. The van der Waals surface area contributed by atoms with Gasteiger partial charge in [0.1, 0.15) is 12.3 Å². The van der Waals surface area contributed by atoms with Crippen LogP contribution in [-0.2, 0) is 11.3 Å². The molecule has 3 rings (SSSR count). The van der Waals surface area contributed by atoms with Crippen LogP contribution in [0.1, 0.15) is 21.5 Å². The third kappa shape index (κ3) is 6.69. The summed E-state index contributed by atoms with van der Waals surface area (Å²) in [5.74, 6) is 0.440. The van der Waals surface area contributed by atoms with Crippen molar-refractivity contribution in [3.63, 3.8) is 0 Å². The molecule has 1 unspecified atom stereocenters. The van der Waals surface area contributed by atoms with Gasteiger partial charge in [-0.1, -0.05) is 29.8 Å². The number of carbonyl (C=O) groups is 2. The minimum atomic E-state index is -0.217. The Labute approximate surface area is 182 Å². The number of quaternary nitrogens is 1. The van der Waals surface area contributed by atoms with Gasteiger partial charge in [0.2, 0.25) is 0 Å². The fraction of sp³-hybridized carbons (Fsp3) is 0.200. The molecule has 0 heterocycles. The molecular formula is C25H28N3O3+. The van der Waals surface area contributed by atoms with Crippen molar-refractivity contribution in [2.75, 3.05) is 31.3 Å². The van der Waals surface area contributed by atoms with Crippen molar-refractivity contribution in [1.82, 2.24) is 0 Å². The molecule has 0 bridgehead atoms. The number of ether oxygens (including phenoxy) is 1. The lowest BCUT2D eigenvalue weighted by molar-refractivity contribution is -0.885. The quantitative estimate of drug-likeness (QED) is 0.527. The molecular weight excluding hydrogens is 390 g/mol. The number of carbonyl (C=O) groups excluding carboxylic acids is 2. The minimum absolute atomic E-state index is 0.0694. The van der Waals surface area contributed by atoms with E-state index in [1.165, 1.54) is 11.1 Å². The van der Waals surface area contributed by atoms with E-state index in [-0.39, 0.29) is 11.8 Å². The second-order valence-electron chi connectivity index (χ2n) is 7.60. The number of anilines is 2. The van der Waals surface area contributed by atoms with Gasteiger partial charge in [-0.3, -0.25) is 9.59 Å². The van der Waals surface area contributed by atoms with E-state index in [0.717, 1.165) is 17.2 Å². The number of hydrogen-bond acceptors (Lipinski definition) is 3. The van der Waals surface area contributed by atoms with Gasteiger partial charge in [-0.05, 0) is 55.5 Å². The van der Waals surface area contributed by atoms with Gasteiger partial charge < -0.3 is 20.3 Å². The molecule has 0 aromatic heterocycles. The van der Waals surface area contributed by atoms with Crippen LogP contribution in [0.2, 0.25) is 0 Å². The van der Waals surface area contributed by atoms with E-state index in [1.54, 1.807) is 55.6 Å². The highest BCUT2D eigenvalue weighted by atomic mass is 16.5. The van der Waals surface area contributed by atoms with Gasteiger partial charge in [0.05, 0.1) is 14.2 Å². The number of likely N-dealkylation sites (N-methyl/N-ethyl adjacent to an activating group) is 1. The second kappa shape index (κ2) is 10.4. The fourth-order valence-electron chi connectivity index (χ4n) is 3.18. The molecule has 3 aromatic carbocycles. The van der Waals surface area contributed by atoms with Crippen LogP contribution in [0.3, 0.4) is 0 Å². The molecule has 0 saturated carbocycles. The second-order valence-corrected chi connectivity index (χ2v) is 7.60. The number of hydrogen-bond donors (Lipinski definition) is 3. The van der Waals surface area contributed by atoms with Gasteiger partial charge in [-0.2, -0.15) is 0 Å². The number of methoxy groups -OCH3 is 1. The average Bonchev–Trinajstić information content (AvgIpc) is 2.76. The van der Waals surface area contributed by atoms with E-state index in [9.17, 15) is 9.59 Å². The molecule has 2 amide bonds. The Morgan fingerprint density at radius 1 is 0.839 bits per heavy atom. The van der Waals surface area contributed by atoms with Gasteiger partial charge in [0, 0.05) is 22.5 Å². The molecule has 0 spiro atoms. The lowest BCUT2D eigenvalue weighted by Gasteiger charge is -2.14. The number of aryl methyl sites for hydroxylation is 1. The highest BCUT2D eigenvalue weighted by Crippen LogP contribution is 2.16. The zero-order valence-corrected chi connectivity index (χ0v) is 18.1. The summed E-state index contributed by atoms with van der Waals surface area (Å²) in [6.07, 6.45) is 0. The first-order valence-electron chi connectivity index (χ1n) is 10.1. The van der Waals surface area contributed by atoms with E-state index < -0.39 is 0 Å². The summed E-state index contributed by atoms with van der Waals surface area (Å²) in [4.78, 5) is 25.9. The molecule has 160 valence electrons. The third-order valence-electron chi connectivity index (χ3n) is 4.87. The zero-order chi connectivity index (χ0) is 22.2. The van der Waals surface area contributed by atoms with Gasteiger partial charge in [-0.25, -0.2) is 0 Å². The van der Waals surface area contributed by atoms with Crippen LogP contribution in [0.15, 0.2) is 72.8 Å². The number of benzene rings is 3. The van der Waals surface area contributed by atoms with Crippen LogP contribution in [0.4, 0.5) is 11.4 Å². The molecule has 6 heteroatoms. The maximum Gasteiger partial charge on any atom is 0.279 e. The molecule has 0 saturated heterocycles. The standard InChI is InChI=1S/C25H27N3O3/c1-18-4-6-19(7-5-18)16-28(2)17-24(29)26-21-10-8-20(9-11-21)25(30)27-22-12-14-23(31-3)15-13-22/h4-15H,16-17H2,1-3H3,(H,26,29)(H,27,30)/p+1. The smallest absolute Gasteiger partial charge is 0.279 e. The van der Waals surface area contributed by atoms with E-state index in [2.05, 4.69) is 41.8 Å². The van der Waals surface area contributed by atoms with Crippen LogP contribution < -0.4 is 20.3 Å². The van der Waals surface area contributed by atoms with E-state index >= 15 is 0 Å². The molecule has 3 aromatic rings. The molecule has 0 aliphatic heterocycles. The first-order valence-corrected chi connectivity index (χ1v) is 10.1. The summed E-state index contributed by atoms with van der Waals surface area (Å²) < 4.78 is 5.11. The first-order chi connectivity index (χ1) is 14.9. The number of nitrogens with one attached hydrogen (secondary N) is 3. The van der Waals surface area contributed by atoms with E-state index in [4.69, 9.17) is 4.74 Å². The predicted octanol–water partition coefficient (Wildman–Crippen LogP) is 2.91. The van der Waals surface area contributed by atoms with Gasteiger partial charge in [0.15, 0.2) is 6.54 Å². The van der Waals surface area contributed by atoms with Gasteiger partial charge >= 0.3 is 0 Å². The zero-order valence-electron chi connectivity index (χ0n) is 18.1. The summed E-state index contributed by atoms with van der Waals surface area (Å²) in [6.45, 7) is 3.19. The summed E-state index contributed by atoms with van der Waals surface area (Å²) in [7, 11) is 3.59. The van der Waals surface area contributed by atoms with Crippen LogP contribution in [0, 0.1) is 6.92 Å². The summed E-state index contributed by atoms with van der Waals surface area (Å²) >= 11 is 0. The third-order valence-corrected chi connectivity index (χ3v) is 4.87. The molecule has 0 fully saturated rings. The molecule has 0 aliphatic rings. The molecule has 0 radical (unpaired) electrons. The van der Waals surface area contributed by atoms with Crippen molar-refractivity contribution in [1.29, 1.82) is 0 Å². The van der Waals surface area contributed by atoms with E-state index in [0.29, 0.717) is 23.5 Å². The van der Waals surface area contributed by atoms with Gasteiger partial charge in [-0.15, -0.1) is 0 Å². The van der Waals surface area contributed by atoms with Crippen LogP contribution >= 0.6 is 0 Å². The Balaban J connectivity index is 1.50. The van der Waals surface area contributed by atoms with Crippen molar-refractivity contribution in [2.45, 2.75) is 13.5 Å². The Morgan fingerprint density at radius 3 is 2.03 bits per heavy atom. The Kier molecular flexibility index (Phi) is 7.40. The van der Waals surface area contributed by atoms with Crippen molar-refractivity contribution in [3.8, 4) is 5.75 Å². The molecule has 1 atom stereocenters. The van der Waals surface area contributed by atoms with Crippen molar-refractivity contribution in [3.05, 3.63) is 89.5 Å². The maximum absolute atomic E-state index is 12.4. The summed E-state index contributed by atoms with van der Waals surface area (Å²) in [5.41, 5.74) is 4.27. The van der Waals surface area contributed by atoms with Crippen LogP contribution in [-0.4, -0.2) is 32.5 Å². The molecule has 31 heavy (non-hydrogen) atoms. The topological polar surface area (TPSA) is 71.9 Å². The van der Waals surface area contributed by atoms with Crippen LogP contribution in [0.25, 0.3) is 0 Å². The largest absolute Gasteiger partial charge is 0.497 e. The van der Waals surface area contributed by atoms with E-state index in [1.807, 2.05) is 7.05 Å². The van der Waals surface area contributed by atoms with Crippen molar-refractivity contribution in [2.24, 2.45) is 0 Å². The summed E-state index contributed by atoms with van der Waals surface area (Å²) in [6, 6.07) is 22.3. The SMILES string of the molecule is COc1ccc(NC(=O)c2ccc(NC(=O)C[NH+](C)Cc3ccc(C)cc3)cc2)cc1. The molecule has 0 aliphatic carbocycles. The maximum atomic E-state index is 12.4. The molecule has 3 N–H and O–H groups in total. The lowest BCUT2D eigenvalue weighted by Crippen LogP contribution is -3.08. The van der Waals surface area contributed by atoms with Crippen LogP contribution in [0.5, 0.6) is 5.75 Å². The Morgan fingerprint density at radius 2 is 1.42 bits per heavy atom. The normalized spacial score (nSPS) is 11.5. The monoisotopic (exact) mass is 418 g/mol. The predicted molar refractivity (Wildman–Crippen MR) is 123 cm³/mol. The number of rotatable bonds is 8. The Bertz CT molecular complexity index is 1010. The van der Waals surface area contributed by atoms with Crippen molar-refractivity contribution >= 4 is 23.2 Å². The highest BCUT2D eigenvalue weighted by molar-refractivity contribution is 6.04.